The highest BCUT2D eigenvalue weighted by atomic mass is 16.5. The van der Waals surface area contributed by atoms with Crippen molar-refractivity contribution in [3.05, 3.63) is 35.4 Å². The number of aromatic nitrogens is 2. The van der Waals surface area contributed by atoms with Gasteiger partial charge in [-0.15, -0.1) is 0 Å². The number of rotatable bonds is 3. The molecule has 0 N–H and O–H groups in total. The van der Waals surface area contributed by atoms with Gasteiger partial charge < -0.3 is 9.47 Å². The van der Waals surface area contributed by atoms with Crippen LogP contribution in [0.2, 0.25) is 0 Å². The summed E-state index contributed by atoms with van der Waals surface area (Å²) in [5, 5.41) is 0. The molecule has 0 aliphatic carbocycles. The van der Waals surface area contributed by atoms with Crippen LogP contribution in [-0.2, 0) is 0 Å². The highest BCUT2D eigenvalue weighted by Gasteiger charge is 2.11. The first-order valence-electron chi connectivity index (χ1n) is 5.69. The second-order valence-corrected chi connectivity index (χ2v) is 4.05. The molecule has 2 aromatic rings. The molecule has 94 valence electrons. The molecule has 0 bridgehead atoms. The molecule has 0 atom stereocenters. The van der Waals surface area contributed by atoms with Crippen LogP contribution in [0.15, 0.2) is 24.3 Å². The fourth-order valence-corrected chi connectivity index (χ4v) is 1.95. The van der Waals surface area contributed by atoms with Crippen LogP contribution in [0.1, 0.15) is 11.1 Å². The number of benzene rings is 1. The summed E-state index contributed by atoms with van der Waals surface area (Å²) in [4.78, 5) is 8.48. The van der Waals surface area contributed by atoms with Crippen LogP contribution in [0.25, 0.3) is 11.3 Å². The predicted molar refractivity (Wildman–Crippen MR) is 70.0 cm³/mol. The van der Waals surface area contributed by atoms with Gasteiger partial charge in [0.1, 0.15) is 0 Å². The topological polar surface area (TPSA) is 44.2 Å². The summed E-state index contributed by atoms with van der Waals surface area (Å²) in [6.07, 6.45) is 0. The van der Waals surface area contributed by atoms with E-state index in [2.05, 4.69) is 35.9 Å². The molecule has 0 unspecified atom stereocenters. The minimum atomic E-state index is 0.312. The molecule has 0 aliphatic heterocycles. The lowest BCUT2D eigenvalue weighted by Gasteiger charge is -2.11. The van der Waals surface area contributed by atoms with Crippen LogP contribution < -0.4 is 9.47 Å². The summed E-state index contributed by atoms with van der Waals surface area (Å²) in [5.41, 5.74) is 4.24. The number of ether oxygens (including phenoxy) is 2. The van der Waals surface area contributed by atoms with Crippen molar-refractivity contribution < 1.29 is 9.47 Å². The lowest BCUT2D eigenvalue weighted by atomic mass is 10.00. The van der Waals surface area contributed by atoms with Gasteiger partial charge in [0.05, 0.1) is 19.9 Å². The minimum Gasteiger partial charge on any atom is -0.481 e. The monoisotopic (exact) mass is 244 g/mol. The predicted octanol–water partition coefficient (Wildman–Crippen LogP) is 2.78. The first-order chi connectivity index (χ1) is 8.65. The molecule has 1 heterocycles. The Kier molecular flexibility index (Phi) is 3.46. The van der Waals surface area contributed by atoms with Gasteiger partial charge in [0.15, 0.2) is 0 Å². The van der Waals surface area contributed by atoms with Crippen LogP contribution in [-0.4, -0.2) is 24.2 Å². The Morgan fingerprint density at radius 1 is 0.944 bits per heavy atom. The van der Waals surface area contributed by atoms with E-state index in [0.29, 0.717) is 11.9 Å². The van der Waals surface area contributed by atoms with Gasteiger partial charge in [0, 0.05) is 11.6 Å². The van der Waals surface area contributed by atoms with Crippen LogP contribution in [0.3, 0.4) is 0 Å². The number of hydrogen-bond donors (Lipinski definition) is 0. The van der Waals surface area contributed by atoms with Gasteiger partial charge in [0.25, 0.3) is 0 Å². The van der Waals surface area contributed by atoms with Gasteiger partial charge in [-0.3, -0.25) is 0 Å². The Balaban J connectivity index is 2.63. The maximum Gasteiger partial charge on any atom is 0.320 e. The molecule has 1 aromatic heterocycles. The van der Waals surface area contributed by atoms with Gasteiger partial charge in [-0.05, 0) is 25.0 Å². The number of aryl methyl sites for hydroxylation is 2. The second kappa shape index (κ2) is 5.04. The summed E-state index contributed by atoms with van der Waals surface area (Å²) < 4.78 is 10.3. The average molecular weight is 244 g/mol. The molecule has 4 nitrogen and oxygen atoms in total. The normalized spacial score (nSPS) is 10.2. The van der Waals surface area contributed by atoms with Crippen LogP contribution >= 0.6 is 0 Å². The molecule has 18 heavy (non-hydrogen) atoms. The molecule has 0 saturated carbocycles. The molecule has 0 amide bonds. The van der Waals surface area contributed by atoms with Crippen molar-refractivity contribution in [3.63, 3.8) is 0 Å². The zero-order valence-electron chi connectivity index (χ0n) is 11.0. The van der Waals surface area contributed by atoms with Crippen molar-refractivity contribution in [1.29, 1.82) is 0 Å². The van der Waals surface area contributed by atoms with Crippen LogP contribution in [0.4, 0.5) is 0 Å². The van der Waals surface area contributed by atoms with Gasteiger partial charge >= 0.3 is 6.01 Å². The summed E-state index contributed by atoms with van der Waals surface area (Å²) in [5.74, 6) is 0.500. The summed E-state index contributed by atoms with van der Waals surface area (Å²) in [6.45, 7) is 4.12. The van der Waals surface area contributed by atoms with E-state index >= 15 is 0 Å². The first-order valence-corrected chi connectivity index (χ1v) is 5.69. The largest absolute Gasteiger partial charge is 0.481 e. The van der Waals surface area contributed by atoms with Gasteiger partial charge in [-0.2, -0.15) is 9.97 Å². The average Bonchev–Trinajstić information content (AvgIpc) is 2.38. The maximum atomic E-state index is 5.17. The molecular weight excluding hydrogens is 228 g/mol. The Morgan fingerprint density at radius 3 is 2.17 bits per heavy atom. The van der Waals surface area contributed by atoms with E-state index in [0.717, 1.165) is 22.4 Å². The molecule has 0 radical (unpaired) electrons. The van der Waals surface area contributed by atoms with Crippen molar-refractivity contribution in [2.75, 3.05) is 14.2 Å². The van der Waals surface area contributed by atoms with Gasteiger partial charge in [-0.1, -0.05) is 18.2 Å². The van der Waals surface area contributed by atoms with E-state index in [1.54, 1.807) is 14.2 Å². The van der Waals surface area contributed by atoms with Crippen molar-refractivity contribution >= 4 is 0 Å². The number of methoxy groups -OCH3 is 2. The fourth-order valence-electron chi connectivity index (χ4n) is 1.95. The van der Waals surface area contributed by atoms with Crippen molar-refractivity contribution in [2.45, 2.75) is 13.8 Å². The van der Waals surface area contributed by atoms with Crippen molar-refractivity contribution in [2.24, 2.45) is 0 Å². The fraction of sp³-hybridized carbons (Fsp3) is 0.286. The molecule has 0 aliphatic rings. The summed E-state index contributed by atoms with van der Waals surface area (Å²) in [7, 11) is 3.12. The van der Waals surface area contributed by atoms with E-state index in [-0.39, 0.29) is 0 Å². The standard InChI is InChI=1S/C14H16N2O2/c1-9-6-5-7-10(2)13(9)11-8-12(17-3)16-14(15-11)18-4/h5-8H,1-4H3. The highest BCUT2D eigenvalue weighted by Crippen LogP contribution is 2.28. The Bertz CT molecular complexity index is 525. The second-order valence-electron chi connectivity index (χ2n) is 4.05. The molecule has 0 spiro atoms. The zero-order valence-corrected chi connectivity index (χ0v) is 11.0. The third kappa shape index (κ3) is 2.27. The lowest BCUT2D eigenvalue weighted by Crippen LogP contribution is -1.99. The third-order valence-electron chi connectivity index (χ3n) is 2.81. The Labute approximate surface area is 107 Å². The quantitative estimate of drug-likeness (QED) is 0.832. The molecular formula is C14H16N2O2. The zero-order chi connectivity index (χ0) is 13.1. The molecule has 2 rings (SSSR count). The highest BCUT2D eigenvalue weighted by molar-refractivity contribution is 5.68. The Hall–Kier alpha value is -2.10. The lowest BCUT2D eigenvalue weighted by molar-refractivity contribution is 0.352. The summed E-state index contributed by atoms with van der Waals surface area (Å²) in [6, 6.07) is 8.28. The SMILES string of the molecule is COc1cc(-c2c(C)cccc2C)nc(OC)n1. The van der Waals surface area contributed by atoms with E-state index in [9.17, 15) is 0 Å². The molecule has 0 saturated heterocycles. The smallest absolute Gasteiger partial charge is 0.320 e. The molecule has 1 aromatic carbocycles. The van der Waals surface area contributed by atoms with Crippen LogP contribution in [0.5, 0.6) is 11.9 Å². The third-order valence-corrected chi connectivity index (χ3v) is 2.81. The van der Waals surface area contributed by atoms with E-state index < -0.39 is 0 Å². The van der Waals surface area contributed by atoms with Crippen molar-refractivity contribution in [3.8, 4) is 23.1 Å². The Morgan fingerprint density at radius 2 is 1.61 bits per heavy atom. The molecule has 4 heteroatoms. The number of nitrogens with zero attached hydrogens (tertiary/aromatic N) is 2. The first kappa shape index (κ1) is 12.4. The van der Waals surface area contributed by atoms with E-state index in [4.69, 9.17) is 9.47 Å². The maximum absolute atomic E-state index is 5.17. The van der Waals surface area contributed by atoms with Crippen molar-refractivity contribution in [1.82, 2.24) is 9.97 Å². The van der Waals surface area contributed by atoms with E-state index in [1.165, 1.54) is 0 Å². The number of hydrogen-bond acceptors (Lipinski definition) is 4. The minimum absolute atomic E-state index is 0.312. The van der Waals surface area contributed by atoms with Crippen LogP contribution in [0, 0.1) is 13.8 Å². The van der Waals surface area contributed by atoms with Gasteiger partial charge in [0.2, 0.25) is 5.88 Å². The molecule has 0 fully saturated rings. The van der Waals surface area contributed by atoms with Gasteiger partial charge in [-0.25, -0.2) is 0 Å². The summed E-state index contributed by atoms with van der Waals surface area (Å²) >= 11 is 0. The van der Waals surface area contributed by atoms with E-state index in [1.807, 2.05) is 12.1 Å².